The summed E-state index contributed by atoms with van der Waals surface area (Å²) in [6.45, 7) is 2.05. The van der Waals surface area contributed by atoms with E-state index in [1.165, 1.54) is 12.1 Å². The van der Waals surface area contributed by atoms with Crippen molar-refractivity contribution in [2.45, 2.75) is 13.3 Å². The number of nitrogens with one attached hydrogen (secondary N) is 1. The fourth-order valence-electron chi connectivity index (χ4n) is 2.34. The number of nitrogen functional groups attached to an aromatic ring is 1. The zero-order valence-corrected chi connectivity index (χ0v) is 12.1. The van der Waals surface area contributed by atoms with Crippen molar-refractivity contribution < 1.29 is 8.78 Å². The van der Waals surface area contributed by atoms with Gasteiger partial charge >= 0.3 is 0 Å². The van der Waals surface area contributed by atoms with E-state index in [-0.39, 0.29) is 5.82 Å². The standard InChI is InChI=1S/C15H13F2N3S/c1-2-8-3-4-21-14(8)13-12(15(18)20-19-13)9-5-10(16)7-11(17)6-9/h3-7H,2H2,1H3,(H3,18,19,20). The van der Waals surface area contributed by atoms with Crippen molar-refractivity contribution in [1.82, 2.24) is 10.2 Å². The van der Waals surface area contributed by atoms with Gasteiger partial charge in [0.05, 0.1) is 16.1 Å². The zero-order valence-electron chi connectivity index (χ0n) is 11.3. The Labute approximate surface area is 124 Å². The van der Waals surface area contributed by atoms with Crippen LogP contribution in [0.4, 0.5) is 14.6 Å². The minimum absolute atomic E-state index is 0.227. The van der Waals surface area contributed by atoms with Crippen molar-refractivity contribution in [3.63, 3.8) is 0 Å². The van der Waals surface area contributed by atoms with E-state index in [4.69, 9.17) is 5.73 Å². The number of aryl methyl sites for hydroxylation is 1. The van der Waals surface area contributed by atoms with E-state index in [1.807, 2.05) is 18.4 Å². The second-order valence-corrected chi connectivity index (χ2v) is 5.56. The van der Waals surface area contributed by atoms with Crippen molar-refractivity contribution >= 4 is 17.2 Å². The van der Waals surface area contributed by atoms with Crippen LogP contribution in [0.25, 0.3) is 21.7 Å². The van der Waals surface area contributed by atoms with Gasteiger partial charge in [0.1, 0.15) is 11.6 Å². The average Bonchev–Trinajstić information content (AvgIpc) is 3.02. The van der Waals surface area contributed by atoms with Gasteiger partial charge < -0.3 is 5.73 Å². The fourth-order valence-corrected chi connectivity index (χ4v) is 3.34. The molecular formula is C15H13F2N3S. The summed E-state index contributed by atoms with van der Waals surface area (Å²) >= 11 is 1.54. The Morgan fingerprint density at radius 1 is 1.24 bits per heavy atom. The molecular weight excluding hydrogens is 292 g/mol. The lowest BCUT2D eigenvalue weighted by atomic mass is 10.0. The zero-order chi connectivity index (χ0) is 15.0. The fraction of sp³-hybridized carbons (Fsp3) is 0.133. The monoisotopic (exact) mass is 305 g/mol. The van der Waals surface area contributed by atoms with Crippen LogP contribution in [0.2, 0.25) is 0 Å². The van der Waals surface area contributed by atoms with E-state index in [2.05, 4.69) is 10.2 Å². The van der Waals surface area contributed by atoms with Crippen molar-refractivity contribution in [3.8, 4) is 21.7 Å². The molecule has 3 rings (SSSR count). The van der Waals surface area contributed by atoms with Crippen LogP contribution in [0.1, 0.15) is 12.5 Å². The van der Waals surface area contributed by atoms with Crippen LogP contribution in [0, 0.1) is 11.6 Å². The van der Waals surface area contributed by atoms with Crippen LogP contribution in [0.3, 0.4) is 0 Å². The number of anilines is 1. The van der Waals surface area contributed by atoms with Gasteiger partial charge in [0.2, 0.25) is 0 Å². The summed E-state index contributed by atoms with van der Waals surface area (Å²) in [5, 5.41) is 8.85. The van der Waals surface area contributed by atoms with Gasteiger partial charge in [-0.15, -0.1) is 11.3 Å². The third kappa shape index (κ3) is 2.42. The maximum absolute atomic E-state index is 13.5. The molecule has 3 nitrogen and oxygen atoms in total. The molecule has 1 aromatic carbocycles. The second-order valence-electron chi connectivity index (χ2n) is 4.65. The van der Waals surface area contributed by atoms with Gasteiger partial charge in [-0.25, -0.2) is 8.78 Å². The van der Waals surface area contributed by atoms with Crippen molar-refractivity contribution in [2.75, 3.05) is 5.73 Å². The molecule has 0 amide bonds. The minimum Gasteiger partial charge on any atom is -0.382 e. The molecule has 0 aliphatic heterocycles. The van der Waals surface area contributed by atoms with E-state index in [0.29, 0.717) is 16.8 Å². The molecule has 2 heterocycles. The summed E-state index contributed by atoms with van der Waals surface area (Å²) in [4.78, 5) is 0.987. The molecule has 6 heteroatoms. The Morgan fingerprint density at radius 3 is 2.62 bits per heavy atom. The highest BCUT2D eigenvalue weighted by Gasteiger charge is 2.19. The van der Waals surface area contributed by atoms with E-state index in [9.17, 15) is 8.78 Å². The topological polar surface area (TPSA) is 54.7 Å². The van der Waals surface area contributed by atoms with Gasteiger partial charge in [0.25, 0.3) is 0 Å². The number of halogens is 2. The number of nitrogens with two attached hydrogens (primary N) is 1. The first kappa shape index (κ1) is 13.8. The van der Waals surface area contributed by atoms with Crippen LogP contribution < -0.4 is 5.73 Å². The van der Waals surface area contributed by atoms with Gasteiger partial charge in [0.15, 0.2) is 5.82 Å². The highest BCUT2D eigenvalue weighted by Crippen LogP contribution is 2.39. The smallest absolute Gasteiger partial charge is 0.153 e. The molecule has 0 aliphatic carbocycles. The van der Waals surface area contributed by atoms with Gasteiger partial charge in [-0.1, -0.05) is 6.92 Å². The lowest BCUT2D eigenvalue weighted by Crippen LogP contribution is -1.91. The molecule has 0 radical (unpaired) electrons. The quantitative estimate of drug-likeness (QED) is 0.761. The summed E-state index contributed by atoms with van der Waals surface area (Å²) in [5.41, 5.74) is 8.64. The largest absolute Gasteiger partial charge is 0.382 e. The first-order chi connectivity index (χ1) is 10.1. The molecule has 0 saturated heterocycles. The Hall–Kier alpha value is -2.21. The molecule has 108 valence electrons. The highest BCUT2D eigenvalue weighted by molar-refractivity contribution is 7.13. The number of nitrogens with zero attached hydrogens (tertiary/aromatic N) is 1. The van der Waals surface area contributed by atoms with Crippen LogP contribution in [0.5, 0.6) is 0 Å². The first-order valence-electron chi connectivity index (χ1n) is 6.47. The Kier molecular flexibility index (Phi) is 3.47. The van der Waals surface area contributed by atoms with Gasteiger partial charge in [0, 0.05) is 6.07 Å². The number of rotatable bonds is 3. The number of aromatic nitrogens is 2. The average molecular weight is 305 g/mol. The molecule has 3 aromatic rings. The van der Waals surface area contributed by atoms with Crippen LogP contribution >= 0.6 is 11.3 Å². The molecule has 0 atom stereocenters. The molecule has 0 saturated carbocycles. The third-order valence-corrected chi connectivity index (χ3v) is 4.27. The first-order valence-corrected chi connectivity index (χ1v) is 7.35. The second kappa shape index (κ2) is 5.29. The molecule has 0 spiro atoms. The Balaban J connectivity index is 2.22. The van der Waals surface area contributed by atoms with Crippen LogP contribution in [-0.2, 0) is 6.42 Å². The Morgan fingerprint density at radius 2 is 1.95 bits per heavy atom. The molecule has 0 aliphatic rings. The number of H-pyrrole nitrogens is 1. The predicted molar refractivity (Wildman–Crippen MR) is 81.0 cm³/mol. The number of hydrogen-bond acceptors (Lipinski definition) is 3. The SMILES string of the molecule is CCc1ccsc1-c1[nH]nc(N)c1-c1cc(F)cc(F)c1. The van der Waals surface area contributed by atoms with Crippen molar-refractivity contribution in [1.29, 1.82) is 0 Å². The van der Waals surface area contributed by atoms with E-state index in [0.717, 1.165) is 22.9 Å². The number of hydrogen-bond donors (Lipinski definition) is 2. The lowest BCUT2D eigenvalue weighted by Gasteiger charge is -2.06. The predicted octanol–water partition coefficient (Wildman–Crippen LogP) is 4.23. The molecule has 0 bridgehead atoms. The maximum atomic E-state index is 13.5. The normalized spacial score (nSPS) is 11.0. The van der Waals surface area contributed by atoms with E-state index < -0.39 is 11.6 Å². The van der Waals surface area contributed by atoms with Gasteiger partial charge in [-0.05, 0) is 41.1 Å². The van der Waals surface area contributed by atoms with E-state index in [1.54, 1.807) is 11.3 Å². The minimum atomic E-state index is -0.640. The number of benzene rings is 1. The summed E-state index contributed by atoms with van der Waals surface area (Å²) in [6.07, 6.45) is 0.856. The Bertz CT molecular complexity index is 772. The van der Waals surface area contributed by atoms with Crippen LogP contribution in [-0.4, -0.2) is 10.2 Å². The molecule has 21 heavy (non-hydrogen) atoms. The summed E-state index contributed by atoms with van der Waals surface area (Å²) < 4.78 is 26.9. The van der Waals surface area contributed by atoms with E-state index >= 15 is 0 Å². The van der Waals surface area contributed by atoms with Crippen LogP contribution in [0.15, 0.2) is 29.6 Å². The molecule has 0 fully saturated rings. The van der Waals surface area contributed by atoms with Crippen molar-refractivity contribution in [3.05, 3.63) is 46.8 Å². The van der Waals surface area contributed by atoms with Gasteiger partial charge in [-0.3, -0.25) is 5.10 Å². The number of thiophene rings is 1. The lowest BCUT2D eigenvalue weighted by molar-refractivity contribution is 0.584. The van der Waals surface area contributed by atoms with Gasteiger partial charge in [-0.2, -0.15) is 5.10 Å². The third-order valence-electron chi connectivity index (χ3n) is 3.30. The summed E-state index contributed by atoms with van der Waals surface area (Å²) in [6, 6.07) is 5.37. The maximum Gasteiger partial charge on any atom is 0.153 e. The molecule has 2 aromatic heterocycles. The molecule has 3 N–H and O–H groups in total. The highest BCUT2D eigenvalue weighted by atomic mass is 32.1. The number of aromatic amines is 1. The molecule has 0 unspecified atom stereocenters. The summed E-state index contributed by atoms with van der Waals surface area (Å²) in [7, 11) is 0. The van der Waals surface area contributed by atoms with Crippen molar-refractivity contribution in [2.24, 2.45) is 0 Å². The summed E-state index contributed by atoms with van der Waals surface area (Å²) in [5.74, 6) is -1.05.